The summed E-state index contributed by atoms with van der Waals surface area (Å²) in [5, 5.41) is 20.9. The summed E-state index contributed by atoms with van der Waals surface area (Å²) >= 11 is 0. The molecular formula is C16H22N6O4S. The van der Waals surface area contributed by atoms with E-state index in [9.17, 15) is 18.5 Å². The first-order valence-corrected chi connectivity index (χ1v) is 10.2. The highest BCUT2D eigenvalue weighted by atomic mass is 32.2. The van der Waals surface area contributed by atoms with Gasteiger partial charge < -0.3 is 5.32 Å². The van der Waals surface area contributed by atoms with E-state index >= 15 is 0 Å². The molecule has 1 atom stereocenters. The number of aromatic nitrogens is 3. The number of nitrogens with one attached hydrogen (secondary N) is 2. The number of H-pyrrole nitrogens is 1. The van der Waals surface area contributed by atoms with Crippen molar-refractivity contribution in [3.8, 4) is 0 Å². The average Bonchev–Trinajstić information content (AvgIpc) is 3.03. The maximum absolute atomic E-state index is 12.9. The molecule has 11 heteroatoms. The number of rotatable bonds is 6. The molecule has 1 aromatic carbocycles. The third-order valence-electron chi connectivity index (χ3n) is 4.58. The van der Waals surface area contributed by atoms with E-state index in [1.54, 1.807) is 6.92 Å². The zero-order valence-corrected chi connectivity index (χ0v) is 15.8. The molecule has 10 nitrogen and oxygen atoms in total. The highest BCUT2D eigenvalue weighted by Gasteiger charge is 2.28. The summed E-state index contributed by atoms with van der Waals surface area (Å²) in [4.78, 5) is 14.9. The van der Waals surface area contributed by atoms with Crippen LogP contribution >= 0.6 is 0 Å². The van der Waals surface area contributed by atoms with E-state index in [1.165, 1.54) is 22.8 Å². The summed E-state index contributed by atoms with van der Waals surface area (Å²) in [6.45, 7) is 2.66. The summed E-state index contributed by atoms with van der Waals surface area (Å²) in [6.07, 6.45) is 4.94. The van der Waals surface area contributed by atoms with Crippen LogP contribution < -0.4 is 5.32 Å². The van der Waals surface area contributed by atoms with E-state index in [2.05, 4.69) is 20.5 Å². The van der Waals surface area contributed by atoms with Crippen LogP contribution in [0.5, 0.6) is 0 Å². The van der Waals surface area contributed by atoms with Crippen LogP contribution in [0.4, 0.5) is 11.4 Å². The van der Waals surface area contributed by atoms with Crippen LogP contribution in [0.2, 0.25) is 0 Å². The van der Waals surface area contributed by atoms with Gasteiger partial charge in [0.15, 0.2) is 0 Å². The minimum absolute atomic E-state index is 0.0611. The molecule has 0 spiro atoms. The van der Waals surface area contributed by atoms with E-state index in [-0.39, 0.29) is 22.3 Å². The predicted molar refractivity (Wildman–Crippen MR) is 98.7 cm³/mol. The van der Waals surface area contributed by atoms with Gasteiger partial charge in [0.05, 0.1) is 15.9 Å². The van der Waals surface area contributed by atoms with Gasteiger partial charge >= 0.3 is 0 Å². The van der Waals surface area contributed by atoms with E-state index in [0.29, 0.717) is 18.9 Å². The van der Waals surface area contributed by atoms with Crippen LogP contribution in [-0.4, -0.2) is 45.9 Å². The number of sulfonamides is 1. The van der Waals surface area contributed by atoms with E-state index in [4.69, 9.17) is 0 Å². The molecule has 1 aromatic heterocycles. The second-order valence-electron chi connectivity index (χ2n) is 6.49. The topological polar surface area (TPSA) is 134 Å². The van der Waals surface area contributed by atoms with Gasteiger partial charge in [-0.2, -0.15) is 9.40 Å². The number of nitro benzene ring substituents is 1. The van der Waals surface area contributed by atoms with Crippen molar-refractivity contribution in [2.24, 2.45) is 0 Å². The summed E-state index contributed by atoms with van der Waals surface area (Å²) < 4.78 is 27.2. The van der Waals surface area contributed by atoms with Gasteiger partial charge in [-0.3, -0.25) is 15.2 Å². The Balaban J connectivity index is 1.90. The average molecular weight is 394 g/mol. The molecule has 0 saturated carbocycles. The third-order valence-corrected chi connectivity index (χ3v) is 6.48. The zero-order chi connectivity index (χ0) is 19.4. The Kier molecular flexibility index (Phi) is 5.71. The maximum Gasteiger partial charge on any atom is 0.293 e. The molecule has 2 N–H and O–H groups in total. The Morgan fingerprint density at radius 2 is 1.96 bits per heavy atom. The van der Waals surface area contributed by atoms with Gasteiger partial charge in [0, 0.05) is 19.2 Å². The van der Waals surface area contributed by atoms with Crippen molar-refractivity contribution in [3.63, 3.8) is 0 Å². The molecule has 0 radical (unpaired) electrons. The van der Waals surface area contributed by atoms with Crippen molar-refractivity contribution >= 4 is 21.4 Å². The van der Waals surface area contributed by atoms with Gasteiger partial charge in [0.2, 0.25) is 10.0 Å². The standard InChI is InChI=1S/C16H22N6O4S/c1-12(16-17-11-18-20-16)19-14-7-6-13(10-15(14)22(23)24)27(25,26)21-8-4-2-3-5-9-21/h6-7,10-12,19H,2-5,8-9H2,1H3,(H,17,18,20). The summed E-state index contributed by atoms with van der Waals surface area (Å²) in [5.41, 5.74) is -0.0732. The molecule has 1 unspecified atom stereocenters. The van der Waals surface area contributed by atoms with Gasteiger partial charge in [-0.05, 0) is 31.9 Å². The van der Waals surface area contributed by atoms with Crippen molar-refractivity contribution in [2.75, 3.05) is 18.4 Å². The van der Waals surface area contributed by atoms with Crippen LogP contribution in [0.3, 0.4) is 0 Å². The molecular weight excluding hydrogens is 372 g/mol. The smallest absolute Gasteiger partial charge is 0.293 e. The number of anilines is 1. The van der Waals surface area contributed by atoms with Crippen molar-refractivity contribution in [2.45, 2.75) is 43.5 Å². The van der Waals surface area contributed by atoms with Crippen LogP contribution in [0.15, 0.2) is 29.4 Å². The molecule has 27 heavy (non-hydrogen) atoms. The SMILES string of the molecule is CC(Nc1ccc(S(=O)(=O)N2CCCCCC2)cc1[N+](=O)[O-])c1ncn[nH]1. The lowest BCUT2D eigenvalue weighted by Crippen LogP contribution is -2.32. The minimum Gasteiger partial charge on any atom is -0.370 e. The quantitative estimate of drug-likeness (QED) is 0.567. The van der Waals surface area contributed by atoms with E-state index in [1.807, 2.05) is 0 Å². The van der Waals surface area contributed by atoms with Crippen LogP contribution in [0, 0.1) is 10.1 Å². The number of aromatic amines is 1. The summed E-state index contributed by atoms with van der Waals surface area (Å²) in [7, 11) is -3.76. The van der Waals surface area contributed by atoms with E-state index < -0.39 is 14.9 Å². The highest BCUT2D eigenvalue weighted by molar-refractivity contribution is 7.89. The number of hydrogen-bond acceptors (Lipinski definition) is 7. The fourth-order valence-corrected chi connectivity index (χ4v) is 4.64. The summed E-state index contributed by atoms with van der Waals surface area (Å²) in [6, 6.07) is 3.59. The van der Waals surface area contributed by atoms with Gasteiger partial charge in [-0.1, -0.05) is 12.8 Å². The van der Waals surface area contributed by atoms with Gasteiger partial charge in [-0.15, -0.1) is 0 Å². The first-order valence-electron chi connectivity index (χ1n) is 8.80. The Hall–Kier alpha value is -2.53. The van der Waals surface area contributed by atoms with Crippen LogP contribution in [0.1, 0.15) is 44.5 Å². The molecule has 2 aromatic rings. The van der Waals surface area contributed by atoms with E-state index in [0.717, 1.165) is 31.7 Å². The molecule has 1 saturated heterocycles. The van der Waals surface area contributed by atoms with Crippen LogP contribution in [-0.2, 0) is 10.0 Å². The van der Waals surface area contributed by atoms with Gasteiger partial charge in [-0.25, -0.2) is 13.4 Å². The Bertz CT molecular complexity index is 892. The predicted octanol–water partition coefficient (Wildman–Crippen LogP) is 2.45. The lowest BCUT2D eigenvalue weighted by atomic mass is 10.2. The molecule has 2 heterocycles. The van der Waals surface area contributed by atoms with Gasteiger partial charge in [0.25, 0.3) is 5.69 Å². The summed E-state index contributed by atoms with van der Waals surface area (Å²) in [5.74, 6) is 0.519. The lowest BCUT2D eigenvalue weighted by Gasteiger charge is -2.20. The normalized spacial score (nSPS) is 17.2. The number of nitro groups is 1. The molecule has 0 amide bonds. The number of benzene rings is 1. The van der Waals surface area contributed by atoms with Crippen molar-refractivity contribution in [1.29, 1.82) is 0 Å². The van der Waals surface area contributed by atoms with Crippen molar-refractivity contribution < 1.29 is 13.3 Å². The largest absolute Gasteiger partial charge is 0.370 e. The van der Waals surface area contributed by atoms with Crippen LogP contribution in [0.25, 0.3) is 0 Å². The number of hydrogen-bond donors (Lipinski definition) is 2. The first-order chi connectivity index (χ1) is 12.9. The Morgan fingerprint density at radius 3 is 2.56 bits per heavy atom. The second kappa shape index (κ2) is 8.01. The van der Waals surface area contributed by atoms with Crippen molar-refractivity contribution in [3.05, 3.63) is 40.5 Å². The molecule has 0 bridgehead atoms. The minimum atomic E-state index is -3.76. The maximum atomic E-state index is 12.9. The highest BCUT2D eigenvalue weighted by Crippen LogP contribution is 2.31. The molecule has 1 fully saturated rings. The lowest BCUT2D eigenvalue weighted by molar-refractivity contribution is -0.384. The fourth-order valence-electron chi connectivity index (χ4n) is 3.10. The molecule has 3 rings (SSSR count). The van der Waals surface area contributed by atoms with Crippen molar-refractivity contribution in [1.82, 2.24) is 19.5 Å². The third kappa shape index (κ3) is 4.25. The molecule has 1 aliphatic heterocycles. The van der Waals surface area contributed by atoms with Gasteiger partial charge in [0.1, 0.15) is 17.8 Å². The number of nitrogens with zero attached hydrogens (tertiary/aromatic N) is 4. The fraction of sp³-hybridized carbons (Fsp3) is 0.500. The Morgan fingerprint density at radius 1 is 1.26 bits per heavy atom. The second-order valence-corrected chi connectivity index (χ2v) is 8.43. The monoisotopic (exact) mass is 394 g/mol. The zero-order valence-electron chi connectivity index (χ0n) is 15.0. The molecule has 1 aliphatic rings. The molecule has 0 aliphatic carbocycles. The Labute approximate surface area is 157 Å². The first kappa shape index (κ1) is 19.2. The molecule has 146 valence electrons.